The van der Waals surface area contributed by atoms with Crippen molar-refractivity contribution in [2.45, 2.75) is 51.0 Å². The minimum absolute atomic E-state index is 0.0252. The second-order valence-corrected chi connectivity index (χ2v) is 11.5. The molecule has 0 N–H and O–H groups in total. The van der Waals surface area contributed by atoms with Crippen LogP contribution in [-0.2, 0) is 19.6 Å². The van der Waals surface area contributed by atoms with Crippen LogP contribution in [0.4, 0.5) is 0 Å². The Bertz CT molecular complexity index is 925. The third-order valence-corrected chi connectivity index (χ3v) is 7.76. The van der Waals surface area contributed by atoms with E-state index in [1.165, 1.54) is 29.2 Å². The number of likely N-dealkylation sites (N-methyl/N-ethyl adjacent to an activating group) is 1. The highest BCUT2D eigenvalue weighted by Crippen LogP contribution is 2.53. The van der Waals surface area contributed by atoms with Crippen LogP contribution in [0.15, 0.2) is 29.2 Å². The fourth-order valence-corrected chi connectivity index (χ4v) is 6.77. The Morgan fingerprint density at radius 1 is 1.21 bits per heavy atom. The topological polar surface area (TPSA) is 84.0 Å². The van der Waals surface area contributed by atoms with Crippen LogP contribution in [0.1, 0.15) is 50.4 Å². The van der Waals surface area contributed by atoms with E-state index in [1.807, 2.05) is 0 Å². The van der Waals surface area contributed by atoms with Gasteiger partial charge >= 0.3 is 5.97 Å². The largest absolute Gasteiger partial charge is 0.452 e. The van der Waals surface area contributed by atoms with E-state index >= 15 is 0 Å². The number of benzene rings is 1. The first-order chi connectivity index (χ1) is 13.3. The molecule has 2 aliphatic rings. The third kappa shape index (κ3) is 4.48. The SMILES string of the molecule is CN(C)C(=O)COC(=O)c1cccc(S(=O)(=O)N2C[C@]3(C)C[C@@H]2CC(C)(C)C3)c1. The molecule has 0 unspecified atom stereocenters. The van der Waals surface area contributed by atoms with Crippen molar-refractivity contribution in [2.75, 3.05) is 27.2 Å². The lowest BCUT2D eigenvalue weighted by Gasteiger charge is -2.39. The van der Waals surface area contributed by atoms with E-state index in [1.54, 1.807) is 18.4 Å². The maximum atomic E-state index is 13.4. The number of carbonyl (C=O) groups is 2. The highest BCUT2D eigenvalue weighted by Gasteiger charge is 2.53. The van der Waals surface area contributed by atoms with Crippen LogP contribution >= 0.6 is 0 Å². The van der Waals surface area contributed by atoms with E-state index in [2.05, 4.69) is 20.8 Å². The molecular weight excluding hydrogens is 392 g/mol. The molecule has 1 aromatic rings. The lowest BCUT2D eigenvalue weighted by atomic mass is 9.65. The summed E-state index contributed by atoms with van der Waals surface area (Å²) in [4.78, 5) is 25.3. The van der Waals surface area contributed by atoms with Gasteiger partial charge in [0.25, 0.3) is 5.91 Å². The van der Waals surface area contributed by atoms with E-state index in [0.717, 1.165) is 19.3 Å². The Balaban J connectivity index is 1.81. The number of hydrogen-bond donors (Lipinski definition) is 0. The molecule has 7 nitrogen and oxygen atoms in total. The fraction of sp³-hybridized carbons (Fsp3) is 0.619. The van der Waals surface area contributed by atoms with Crippen molar-refractivity contribution in [1.29, 1.82) is 0 Å². The molecule has 1 saturated carbocycles. The van der Waals surface area contributed by atoms with Crippen molar-refractivity contribution < 1.29 is 22.7 Å². The molecule has 2 atom stereocenters. The molecule has 1 aliphatic carbocycles. The minimum Gasteiger partial charge on any atom is -0.452 e. The normalized spacial score (nSPS) is 26.2. The number of rotatable bonds is 5. The Kier molecular flexibility index (Phi) is 5.55. The number of esters is 1. The highest BCUT2D eigenvalue weighted by atomic mass is 32.2. The van der Waals surface area contributed by atoms with E-state index in [-0.39, 0.29) is 39.8 Å². The molecule has 3 rings (SSSR count). The van der Waals surface area contributed by atoms with Crippen molar-refractivity contribution >= 4 is 21.9 Å². The van der Waals surface area contributed by atoms with E-state index < -0.39 is 16.0 Å². The summed E-state index contributed by atoms with van der Waals surface area (Å²) in [5, 5.41) is 0. The zero-order valence-corrected chi connectivity index (χ0v) is 18.6. The van der Waals surface area contributed by atoms with Gasteiger partial charge in [0.2, 0.25) is 10.0 Å². The fourth-order valence-electron chi connectivity index (χ4n) is 4.95. The summed E-state index contributed by atoms with van der Waals surface area (Å²) in [6.45, 7) is 6.66. The van der Waals surface area contributed by atoms with Crippen molar-refractivity contribution in [3.05, 3.63) is 29.8 Å². The lowest BCUT2D eigenvalue weighted by molar-refractivity contribution is -0.131. The van der Waals surface area contributed by atoms with Crippen LogP contribution in [-0.4, -0.2) is 62.8 Å². The number of amides is 1. The standard InChI is InChI=1S/C21H30N2O5S/c1-20(2)10-16-11-21(3,13-20)14-23(16)29(26,27)17-8-6-7-15(9-17)19(25)28-12-18(24)22(4)5/h6-9,16H,10-14H2,1-5H3/t16-,21+/m0/s1. The molecule has 160 valence electrons. The number of ether oxygens (including phenoxy) is 1. The Hall–Kier alpha value is -1.93. The molecule has 1 saturated heterocycles. The van der Waals surface area contributed by atoms with Crippen molar-refractivity contribution in [3.8, 4) is 0 Å². The molecule has 2 fully saturated rings. The summed E-state index contributed by atoms with van der Waals surface area (Å²) in [6, 6.07) is 5.85. The molecule has 8 heteroatoms. The van der Waals surface area contributed by atoms with Gasteiger partial charge in [-0.2, -0.15) is 4.31 Å². The number of nitrogens with zero attached hydrogens (tertiary/aromatic N) is 2. The van der Waals surface area contributed by atoms with Crippen molar-refractivity contribution in [2.24, 2.45) is 10.8 Å². The molecule has 29 heavy (non-hydrogen) atoms. The average Bonchev–Trinajstić information content (AvgIpc) is 2.88. The Morgan fingerprint density at radius 3 is 2.55 bits per heavy atom. The first-order valence-corrected chi connectivity index (χ1v) is 11.3. The van der Waals surface area contributed by atoms with Gasteiger partial charge in [-0.1, -0.05) is 26.8 Å². The van der Waals surface area contributed by atoms with Gasteiger partial charge in [-0.15, -0.1) is 0 Å². The lowest BCUT2D eigenvalue weighted by Crippen LogP contribution is -2.37. The highest BCUT2D eigenvalue weighted by molar-refractivity contribution is 7.89. The summed E-state index contributed by atoms with van der Waals surface area (Å²) in [6.07, 6.45) is 2.69. The van der Waals surface area contributed by atoms with Crippen LogP contribution < -0.4 is 0 Å². The summed E-state index contributed by atoms with van der Waals surface area (Å²) >= 11 is 0. The minimum atomic E-state index is -3.73. The van der Waals surface area contributed by atoms with Crippen molar-refractivity contribution in [1.82, 2.24) is 9.21 Å². The second-order valence-electron chi connectivity index (χ2n) is 9.66. The predicted molar refractivity (Wildman–Crippen MR) is 109 cm³/mol. The van der Waals surface area contributed by atoms with Crippen LogP contribution in [0, 0.1) is 10.8 Å². The summed E-state index contributed by atoms with van der Waals surface area (Å²) in [7, 11) is -0.598. The maximum Gasteiger partial charge on any atom is 0.338 e. The molecule has 0 aromatic heterocycles. The maximum absolute atomic E-state index is 13.4. The molecular formula is C21H30N2O5S. The zero-order chi connectivity index (χ0) is 21.6. The van der Waals surface area contributed by atoms with Gasteiger partial charge in [0, 0.05) is 26.7 Å². The first-order valence-electron chi connectivity index (χ1n) is 9.82. The summed E-state index contributed by atoms with van der Waals surface area (Å²) < 4.78 is 33.4. The van der Waals surface area contributed by atoms with E-state index in [0.29, 0.717) is 6.54 Å². The Labute approximate surface area is 173 Å². The molecule has 2 bridgehead atoms. The summed E-state index contributed by atoms with van der Waals surface area (Å²) in [5.74, 6) is -1.06. The Morgan fingerprint density at radius 2 is 1.90 bits per heavy atom. The van der Waals surface area contributed by atoms with E-state index in [9.17, 15) is 18.0 Å². The number of carbonyl (C=O) groups excluding carboxylic acids is 2. The first kappa shape index (κ1) is 21.8. The van der Waals surface area contributed by atoms with Gasteiger partial charge in [-0.25, -0.2) is 13.2 Å². The number of fused-ring (bicyclic) bond motifs is 2. The van der Waals surface area contributed by atoms with Crippen molar-refractivity contribution in [3.63, 3.8) is 0 Å². The monoisotopic (exact) mass is 422 g/mol. The number of hydrogen-bond acceptors (Lipinski definition) is 5. The summed E-state index contributed by atoms with van der Waals surface area (Å²) in [5.41, 5.74) is 0.195. The van der Waals surface area contributed by atoms with Crippen LogP contribution in [0.2, 0.25) is 0 Å². The third-order valence-electron chi connectivity index (χ3n) is 5.87. The van der Waals surface area contributed by atoms with Gasteiger partial charge < -0.3 is 9.64 Å². The molecule has 1 heterocycles. The van der Waals surface area contributed by atoms with Gasteiger partial charge in [-0.05, 0) is 48.3 Å². The quantitative estimate of drug-likeness (QED) is 0.681. The predicted octanol–water partition coefficient (Wildman–Crippen LogP) is 2.52. The zero-order valence-electron chi connectivity index (χ0n) is 17.8. The smallest absolute Gasteiger partial charge is 0.338 e. The molecule has 1 aliphatic heterocycles. The van der Waals surface area contributed by atoms with E-state index in [4.69, 9.17) is 4.74 Å². The average molecular weight is 423 g/mol. The molecule has 0 spiro atoms. The van der Waals surface area contributed by atoms with Gasteiger partial charge in [0.1, 0.15) is 0 Å². The van der Waals surface area contributed by atoms with Gasteiger partial charge in [0.05, 0.1) is 10.5 Å². The van der Waals surface area contributed by atoms with Crippen LogP contribution in [0.3, 0.4) is 0 Å². The van der Waals surface area contributed by atoms with Crippen LogP contribution in [0.5, 0.6) is 0 Å². The van der Waals surface area contributed by atoms with Gasteiger partial charge in [-0.3, -0.25) is 4.79 Å². The number of sulfonamides is 1. The molecule has 1 aromatic carbocycles. The van der Waals surface area contributed by atoms with Crippen LogP contribution in [0.25, 0.3) is 0 Å². The second kappa shape index (κ2) is 7.40. The van der Waals surface area contributed by atoms with Gasteiger partial charge in [0.15, 0.2) is 6.61 Å². The molecule has 0 radical (unpaired) electrons. The molecule has 1 amide bonds.